The van der Waals surface area contributed by atoms with Gasteiger partial charge in [0, 0.05) is 30.4 Å². The molecular formula is C34H35N7O4. The highest BCUT2D eigenvalue weighted by atomic mass is 16.6. The van der Waals surface area contributed by atoms with Crippen molar-refractivity contribution in [3.8, 4) is 11.4 Å². The number of nitrogens with zero attached hydrogens (tertiary/aromatic N) is 6. The number of fused-ring (bicyclic) bond motifs is 5. The minimum atomic E-state index is -0.559. The van der Waals surface area contributed by atoms with Crippen LogP contribution in [0.4, 0.5) is 16.3 Å². The Hall–Kier alpha value is -5.19. The second-order valence-corrected chi connectivity index (χ2v) is 12.9. The van der Waals surface area contributed by atoms with E-state index < -0.39 is 5.60 Å². The van der Waals surface area contributed by atoms with Crippen molar-refractivity contribution < 1.29 is 14.3 Å². The van der Waals surface area contributed by atoms with Crippen molar-refractivity contribution in [3.63, 3.8) is 0 Å². The summed E-state index contributed by atoms with van der Waals surface area (Å²) in [6.45, 7) is 12.8. The zero-order valence-electron chi connectivity index (χ0n) is 25.8. The fraction of sp³-hybridized carbons (Fsp3) is 0.324. The quantitative estimate of drug-likeness (QED) is 0.241. The van der Waals surface area contributed by atoms with Gasteiger partial charge in [0.15, 0.2) is 11.3 Å². The van der Waals surface area contributed by atoms with E-state index in [1.165, 1.54) is 16.3 Å². The molecule has 0 radical (unpaired) electrons. The highest BCUT2D eigenvalue weighted by molar-refractivity contribution is 5.90. The number of benzene rings is 2. The summed E-state index contributed by atoms with van der Waals surface area (Å²) in [5.41, 5.74) is 4.72. The largest absolute Gasteiger partial charge is 0.490 e. The summed E-state index contributed by atoms with van der Waals surface area (Å²) in [6.07, 6.45) is 8.26. The number of nitrogens with one attached hydrogen (secondary N) is 1. The maximum Gasteiger partial charge on any atom is 0.410 e. The van der Waals surface area contributed by atoms with Gasteiger partial charge in [-0.3, -0.25) is 0 Å². The highest BCUT2D eigenvalue weighted by Crippen LogP contribution is 2.53. The van der Waals surface area contributed by atoms with Crippen LogP contribution in [0.5, 0.6) is 5.75 Å². The van der Waals surface area contributed by atoms with Crippen LogP contribution in [-0.2, 0) is 16.7 Å². The van der Waals surface area contributed by atoms with E-state index in [4.69, 9.17) is 14.5 Å². The SMILES string of the molecule is C=CCOc1ccc(-n2c(=O)n3cc(Nc4ccc5c(c4)CN(C(=O)OC(C)(C)C)CC54CC4)nc3c3cncnc32)c(C)c1. The molecule has 1 saturated carbocycles. The van der Waals surface area contributed by atoms with Gasteiger partial charge in [0.25, 0.3) is 0 Å². The van der Waals surface area contributed by atoms with Gasteiger partial charge >= 0.3 is 11.8 Å². The number of hydrogen-bond acceptors (Lipinski definition) is 8. The van der Waals surface area contributed by atoms with Crippen LogP contribution >= 0.6 is 0 Å². The number of carbonyl (C=O) groups is 1. The molecule has 0 unspecified atom stereocenters. The average molecular weight is 606 g/mol. The van der Waals surface area contributed by atoms with Crippen LogP contribution in [0.1, 0.15) is 50.3 Å². The maximum absolute atomic E-state index is 14.0. The molecule has 11 heteroatoms. The lowest BCUT2D eigenvalue weighted by atomic mass is 9.87. The van der Waals surface area contributed by atoms with Crippen molar-refractivity contribution in [1.29, 1.82) is 0 Å². The third-order valence-electron chi connectivity index (χ3n) is 8.33. The van der Waals surface area contributed by atoms with E-state index in [9.17, 15) is 9.59 Å². The van der Waals surface area contributed by atoms with Crippen molar-refractivity contribution in [3.05, 3.63) is 94.9 Å². The van der Waals surface area contributed by atoms with Gasteiger partial charge in [-0.2, -0.15) is 0 Å². The van der Waals surface area contributed by atoms with Crippen molar-refractivity contribution in [1.82, 2.24) is 28.8 Å². The summed E-state index contributed by atoms with van der Waals surface area (Å²) in [4.78, 5) is 42.3. The zero-order valence-corrected chi connectivity index (χ0v) is 25.8. The molecule has 7 rings (SSSR count). The Morgan fingerprint density at radius 2 is 1.98 bits per heavy atom. The minimum Gasteiger partial charge on any atom is -0.490 e. The molecule has 0 bridgehead atoms. The molecule has 2 aromatic carbocycles. The lowest BCUT2D eigenvalue weighted by molar-refractivity contribution is 0.0197. The van der Waals surface area contributed by atoms with Crippen LogP contribution in [0.3, 0.4) is 0 Å². The van der Waals surface area contributed by atoms with Gasteiger partial charge in [-0.15, -0.1) is 0 Å². The van der Waals surface area contributed by atoms with Gasteiger partial charge in [0.2, 0.25) is 0 Å². The average Bonchev–Trinajstić information content (AvgIpc) is 3.63. The molecular weight excluding hydrogens is 570 g/mol. The molecule has 11 nitrogen and oxygen atoms in total. The monoisotopic (exact) mass is 605 g/mol. The molecule has 1 aliphatic carbocycles. The first-order valence-corrected chi connectivity index (χ1v) is 15.0. The molecule has 3 aromatic heterocycles. The highest BCUT2D eigenvalue weighted by Gasteiger charge is 2.50. The first kappa shape index (κ1) is 28.6. The molecule has 5 aromatic rings. The van der Waals surface area contributed by atoms with Gasteiger partial charge in [-0.05, 0) is 87.6 Å². The molecule has 45 heavy (non-hydrogen) atoms. The number of aryl methyl sites for hydroxylation is 1. The fourth-order valence-corrected chi connectivity index (χ4v) is 6.19. The molecule has 0 saturated heterocycles. The lowest BCUT2D eigenvalue weighted by Crippen LogP contribution is -2.44. The van der Waals surface area contributed by atoms with E-state index in [-0.39, 0.29) is 17.2 Å². The molecule has 1 fully saturated rings. The van der Waals surface area contributed by atoms with Crippen molar-refractivity contribution in [2.75, 3.05) is 18.5 Å². The minimum absolute atomic E-state index is 0.00971. The third kappa shape index (κ3) is 5.17. The standard InChI is InChI=1S/C34H35N7O4/c1-6-13-44-24-8-10-27(21(2)14-24)41-29-25(16-35-20-36-29)30-38-28(18-40(30)31(41)42)37-23-7-9-26-22(15-23)17-39(19-34(26)11-12-34)32(43)45-33(3,4)5/h6-10,14-16,18,20,37H,1,11-13,17,19H2,2-5H3. The maximum atomic E-state index is 14.0. The normalized spacial score (nSPS) is 15.2. The fourth-order valence-electron chi connectivity index (χ4n) is 6.19. The van der Waals surface area contributed by atoms with Crippen LogP contribution < -0.4 is 15.7 Å². The van der Waals surface area contributed by atoms with Gasteiger partial charge in [0.05, 0.1) is 17.3 Å². The van der Waals surface area contributed by atoms with Gasteiger partial charge < -0.3 is 19.7 Å². The number of imidazole rings is 1. The van der Waals surface area contributed by atoms with E-state index in [0.717, 1.165) is 29.7 Å². The van der Waals surface area contributed by atoms with E-state index in [1.807, 2.05) is 56.9 Å². The predicted molar refractivity (Wildman–Crippen MR) is 172 cm³/mol. The second-order valence-electron chi connectivity index (χ2n) is 12.9. The number of aromatic nitrogens is 5. The van der Waals surface area contributed by atoms with Crippen LogP contribution in [0.25, 0.3) is 22.4 Å². The molecule has 1 aliphatic heterocycles. The van der Waals surface area contributed by atoms with E-state index in [1.54, 1.807) is 23.0 Å². The van der Waals surface area contributed by atoms with Crippen LogP contribution in [0.15, 0.2) is 72.6 Å². The molecule has 0 atom stereocenters. The van der Waals surface area contributed by atoms with Gasteiger partial charge in [-0.1, -0.05) is 18.7 Å². The molecule has 1 spiro atoms. The van der Waals surface area contributed by atoms with E-state index in [2.05, 4.69) is 34.0 Å². The van der Waals surface area contributed by atoms with Gasteiger partial charge in [0.1, 0.15) is 30.1 Å². The number of rotatable bonds is 6. The van der Waals surface area contributed by atoms with Crippen molar-refractivity contribution in [2.45, 2.75) is 58.1 Å². The Bertz CT molecular complexity index is 2050. The zero-order chi connectivity index (χ0) is 31.5. The third-order valence-corrected chi connectivity index (χ3v) is 8.33. The summed E-state index contributed by atoms with van der Waals surface area (Å²) < 4.78 is 14.5. The topological polar surface area (TPSA) is 116 Å². The summed E-state index contributed by atoms with van der Waals surface area (Å²) >= 11 is 0. The smallest absolute Gasteiger partial charge is 0.410 e. The first-order valence-electron chi connectivity index (χ1n) is 15.0. The number of ether oxygens (including phenoxy) is 2. The molecule has 230 valence electrons. The van der Waals surface area contributed by atoms with Crippen molar-refractivity contribution >= 4 is 34.3 Å². The first-order chi connectivity index (χ1) is 21.5. The summed E-state index contributed by atoms with van der Waals surface area (Å²) in [5.74, 6) is 1.19. The Balaban J connectivity index is 1.24. The second kappa shape index (κ2) is 10.5. The number of carbonyl (C=O) groups excluding carboxylic acids is 1. The van der Waals surface area contributed by atoms with Crippen molar-refractivity contribution in [2.24, 2.45) is 0 Å². The number of hydrogen-bond donors (Lipinski definition) is 1. The number of anilines is 2. The summed E-state index contributed by atoms with van der Waals surface area (Å²) in [7, 11) is 0. The summed E-state index contributed by atoms with van der Waals surface area (Å²) in [5, 5.41) is 4.01. The Labute approximate surface area is 260 Å². The lowest BCUT2D eigenvalue weighted by Gasteiger charge is -2.36. The Morgan fingerprint density at radius 1 is 1.16 bits per heavy atom. The van der Waals surface area contributed by atoms with Crippen LogP contribution in [-0.4, -0.2) is 53.7 Å². The Kier molecular flexibility index (Phi) is 6.65. The Morgan fingerprint density at radius 3 is 2.71 bits per heavy atom. The van der Waals surface area contributed by atoms with Crippen LogP contribution in [0.2, 0.25) is 0 Å². The molecule has 2 aliphatic rings. The molecule has 4 heterocycles. The van der Waals surface area contributed by atoms with E-state index >= 15 is 0 Å². The van der Waals surface area contributed by atoms with E-state index in [0.29, 0.717) is 53.6 Å². The predicted octanol–water partition coefficient (Wildman–Crippen LogP) is 5.83. The molecule has 1 N–H and O–H groups in total. The van der Waals surface area contributed by atoms with Gasteiger partial charge in [-0.25, -0.2) is 33.5 Å². The number of amides is 1. The van der Waals surface area contributed by atoms with Crippen LogP contribution in [0, 0.1) is 6.92 Å². The summed E-state index contributed by atoms with van der Waals surface area (Å²) in [6, 6.07) is 11.8. The molecule has 1 amide bonds.